The van der Waals surface area contributed by atoms with Gasteiger partial charge in [0.2, 0.25) is 0 Å². The van der Waals surface area contributed by atoms with Gasteiger partial charge in [-0.05, 0) is 74.8 Å². The molecule has 1 aliphatic carbocycles. The number of nitrogens with zero attached hydrogens (tertiary/aromatic N) is 1. The summed E-state index contributed by atoms with van der Waals surface area (Å²) in [5, 5.41) is -0.223. The van der Waals surface area contributed by atoms with Crippen LogP contribution in [0.25, 0.3) is 0 Å². The van der Waals surface area contributed by atoms with E-state index in [4.69, 9.17) is 11.6 Å². The van der Waals surface area contributed by atoms with Crippen LogP contribution in [0, 0.1) is 5.82 Å². The Kier molecular flexibility index (Phi) is 5.63. The highest BCUT2D eigenvalue weighted by Crippen LogP contribution is 2.35. The van der Waals surface area contributed by atoms with Crippen LogP contribution in [0.3, 0.4) is 0 Å². The lowest BCUT2D eigenvalue weighted by atomic mass is 9.87. The SMILES string of the molecule is CN(C)[C@H]1CCc2c(NS(=O)(=O)c3ccc(F)c(Cl)c3)ccc(Br)c2C1. The number of benzene rings is 2. The number of anilines is 1. The number of nitrogens with one attached hydrogen (secondary N) is 1. The van der Waals surface area contributed by atoms with Crippen molar-refractivity contribution >= 4 is 43.2 Å². The van der Waals surface area contributed by atoms with Crippen LogP contribution in [0.5, 0.6) is 0 Å². The molecular formula is C18H19BrClFN2O2S. The molecule has 1 atom stereocenters. The molecule has 3 rings (SSSR count). The zero-order valence-corrected chi connectivity index (χ0v) is 17.5. The van der Waals surface area contributed by atoms with Crippen molar-refractivity contribution < 1.29 is 12.8 Å². The van der Waals surface area contributed by atoms with Gasteiger partial charge < -0.3 is 4.90 Å². The van der Waals surface area contributed by atoms with Crippen LogP contribution in [-0.4, -0.2) is 33.5 Å². The largest absolute Gasteiger partial charge is 0.306 e. The average Bonchev–Trinajstić information content (AvgIpc) is 2.59. The number of sulfonamides is 1. The van der Waals surface area contributed by atoms with Crippen LogP contribution < -0.4 is 4.72 Å². The monoisotopic (exact) mass is 460 g/mol. The number of rotatable bonds is 4. The summed E-state index contributed by atoms with van der Waals surface area (Å²) in [5.74, 6) is -0.652. The van der Waals surface area contributed by atoms with E-state index in [1.807, 2.05) is 6.07 Å². The third-order valence-corrected chi connectivity index (χ3v) is 7.11. The topological polar surface area (TPSA) is 49.4 Å². The van der Waals surface area contributed by atoms with Crippen LogP contribution in [0.15, 0.2) is 39.7 Å². The van der Waals surface area contributed by atoms with Gasteiger partial charge in [-0.3, -0.25) is 4.72 Å². The van der Waals surface area contributed by atoms with Gasteiger partial charge in [0.1, 0.15) is 5.82 Å². The third-order valence-electron chi connectivity index (χ3n) is 4.72. The van der Waals surface area contributed by atoms with Crippen molar-refractivity contribution in [1.82, 2.24) is 4.90 Å². The van der Waals surface area contributed by atoms with E-state index >= 15 is 0 Å². The minimum atomic E-state index is -3.86. The summed E-state index contributed by atoms with van der Waals surface area (Å²) in [5.41, 5.74) is 2.67. The molecule has 2 aromatic rings. The first kappa shape index (κ1) is 19.6. The number of fused-ring (bicyclic) bond motifs is 1. The van der Waals surface area contributed by atoms with Crippen molar-refractivity contribution in [3.63, 3.8) is 0 Å². The second-order valence-electron chi connectivity index (χ2n) is 6.59. The van der Waals surface area contributed by atoms with Crippen LogP contribution in [0.2, 0.25) is 5.02 Å². The molecule has 0 bridgehead atoms. The molecule has 0 amide bonds. The van der Waals surface area contributed by atoms with Gasteiger partial charge in [-0.2, -0.15) is 0 Å². The van der Waals surface area contributed by atoms with E-state index in [2.05, 4.69) is 39.6 Å². The maximum Gasteiger partial charge on any atom is 0.261 e. The Morgan fingerprint density at radius 2 is 1.96 bits per heavy atom. The Morgan fingerprint density at radius 1 is 1.23 bits per heavy atom. The molecule has 1 N–H and O–H groups in total. The molecule has 0 saturated heterocycles. The Morgan fingerprint density at radius 3 is 2.62 bits per heavy atom. The van der Waals surface area contributed by atoms with Gasteiger partial charge in [-0.15, -0.1) is 0 Å². The molecular weight excluding hydrogens is 443 g/mol. The molecule has 0 radical (unpaired) electrons. The molecule has 0 saturated carbocycles. The van der Waals surface area contributed by atoms with Crippen molar-refractivity contribution in [2.24, 2.45) is 0 Å². The molecule has 2 aromatic carbocycles. The zero-order valence-electron chi connectivity index (χ0n) is 14.4. The number of likely N-dealkylation sites (N-methyl/N-ethyl adjacent to an activating group) is 1. The van der Waals surface area contributed by atoms with Crippen molar-refractivity contribution in [3.8, 4) is 0 Å². The Hall–Kier alpha value is -1.15. The average molecular weight is 462 g/mol. The Bertz CT molecular complexity index is 950. The van der Waals surface area contributed by atoms with E-state index in [1.165, 1.54) is 6.07 Å². The fourth-order valence-corrected chi connectivity index (χ4v) is 5.10. The van der Waals surface area contributed by atoms with Crippen LogP contribution in [-0.2, 0) is 22.9 Å². The number of hydrogen-bond donors (Lipinski definition) is 1. The predicted molar refractivity (Wildman–Crippen MR) is 106 cm³/mol. The maximum absolute atomic E-state index is 13.3. The minimum Gasteiger partial charge on any atom is -0.306 e. The molecule has 0 heterocycles. The molecule has 4 nitrogen and oxygen atoms in total. The first-order valence-electron chi connectivity index (χ1n) is 8.13. The van der Waals surface area contributed by atoms with E-state index in [1.54, 1.807) is 6.07 Å². The summed E-state index contributed by atoms with van der Waals surface area (Å²) >= 11 is 9.31. The lowest BCUT2D eigenvalue weighted by molar-refractivity contribution is 0.268. The van der Waals surface area contributed by atoms with Crippen molar-refractivity contribution in [3.05, 3.63) is 56.8 Å². The quantitative estimate of drug-likeness (QED) is 0.731. The predicted octanol–water partition coefficient (Wildman–Crippen LogP) is 4.46. The highest BCUT2D eigenvalue weighted by Gasteiger charge is 2.26. The van der Waals surface area contributed by atoms with E-state index < -0.39 is 15.8 Å². The molecule has 8 heteroatoms. The van der Waals surface area contributed by atoms with Crippen molar-refractivity contribution in [2.75, 3.05) is 18.8 Å². The summed E-state index contributed by atoms with van der Waals surface area (Å²) < 4.78 is 42.3. The zero-order chi connectivity index (χ0) is 19.1. The fraction of sp³-hybridized carbons (Fsp3) is 0.333. The van der Waals surface area contributed by atoms with Gasteiger partial charge in [-0.1, -0.05) is 27.5 Å². The standard InChI is InChI=1S/C18H19BrClFN2O2S/c1-23(2)11-3-5-13-14(9-11)15(19)6-8-18(13)22-26(24,25)12-4-7-17(21)16(20)10-12/h4,6-8,10-11,22H,3,5,9H2,1-2H3/t11-/m0/s1. The highest BCUT2D eigenvalue weighted by atomic mass is 79.9. The molecule has 0 aliphatic heterocycles. The molecule has 140 valence electrons. The Balaban J connectivity index is 1.96. The summed E-state index contributed by atoms with van der Waals surface area (Å²) in [6.45, 7) is 0. The van der Waals surface area contributed by atoms with Gasteiger partial charge in [0.15, 0.2) is 0 Å². The number of halogens is 3. The van der Waals surface area contributed by atoms with Gasteiger partial charge in [0.05, 0.1) is 15.6 Å². The van der Waals surface area contributed by atoms with Crippen LogP contribution in [0.4, 0.5) is 10.1 Å². The lowest BCUT2D eigenvalue weighted by Crippen LogP contribution is -2.34. The first-order chi connectivity index (χ1) is 12.2. The van der Waals surface area contributed by atoms with Gasteiger partial charge in [-0.25, -0.2) is 12.8 Å². The van der Waals surface area contributed by atoms with E-state index in [0.29, 0.717) is 11.7 Å². The first-order valence-corrected chi connectivity index (χ1v) is 10.8. The molecule has 0 spiro atoms. The second-order valence-corrected chi connectivity index (χ2v) is 9.54. The van der Waals surface area contributed by atoms with Crippen molar-refractivity contribution in [1.29, 1.82) is 0 Å². The van der Waals surface area contributed by atoms with Gasteiger partial charge in [0.25, 0.3) is 10.0 Å². The molecule has 0 unspecified atom stereocenters. The molecule has 0 aromatic heterocycles. The molecule has 1 aliphatic rings. The van der Waals surface area contributed by atoms with E-state index in [0.717, 1.165) is 47.0 Å². The van der Waals surface area contributed by atoms with Gasteiger partial charge >= 0.3 is 0 Å². The van der Waals surface area contributed by atoms with Crippen LogP contribution >= 0.6 is 27.5 Å². The number of hydrogen-bond acceptors (Lipinski definition) is 3. The maximum atomic E-state index is 13.3. The van der Waals surface area contributed by atoms with Crippen LogP contribution in [0.1, 0.15) is 17.5 Å². The molecule has 26 heavy (non-hydrogen) atoms. The Labute approximate surface area is 166 Å². The van der Waals surface area contributed by atoms with Gasteiger partial charge in [0, 0.05) is 10.5 Å². The summed E-state index contributed by atoms with van der Waals surface area (Å²) in [4.78, 5) is 2.12. The minimum absolute atomic E-state index is 0.0671. The lowest BCUT2D eigenvalue weighted by Gasteiger charge is -2.31. The molecule has 0 fully saturated rings. The van der Waals surface area contributed by atoms with Crippen molar-refractivity contribution in [2.45, 2.75) is 30.2 Å². The summed E-state index contributed by atoms with van der Waals surface area (Å²) in [6.07, 6.45) is 2.58. The summed E-state index contributed by atoms with van der Waals surface area (Å²) in [6, 6.07) is 7.40. The second kappa shape index (κ2) is 7.46. The van der Waals surface area contributed by atoms with E-state index in [-0.39, 0.29) is 9.92 Å². The van der Waals surface area contributed by atoms with E-state index in [9.17, 15) is 12.8 Å². The normalized spacial score (nSPS) is 17.2. The smallest absolute Gasteiger partial charge is 0.261 e. The third kappa shape index (κ3) is 3.91. The fourth-order valence-electron chi connectivity index (χ4n) is 3.20. The highest BCUT2D eigenvalue weighted by molar-refractivity contribution is 9.10. The summed E-state index contributed by atoms with van der Waals surface area (Å²) in [7, 11) is 0.244.